The maximum absolute atomic E-state index is 14.1. The largest absolute Gasteiger partial charge is 0.454 e. The summed E-state index contributed by atoms with van der Waals surface area (Å²) < 4.78 is 15.0. The number of benzene rings is 2. The molecular weight excluding hydrogens is 518 g/mol. The highest BCUT2D eigenvalue weighted by molar-refractivity contribution is 7.09. The first-order valence-corrected chi connectivity index (χ1v) is 13.7. The van der Waals surface area contributed by atoms with E-state index in [1.807, 2.05) is 37.3 Å². The van der Waals surface area contributed by atoms with Crippen molar-refractivity contribution < 1.29 is 23.9 Å². The third-order valence-corrected chi connectivity index (χ3v) is 7.96. The van der Waals surface area contributed by atoms with Gasteiger partial charge in [-0.1, -0.05) is 55.2 Å². The zero-order chi connectivity index (χ0) is 27.5. The molecule has 5 N–H and O–H groups in total. The number of primary amides is 1. The maximum Gasteiger partial charge on any atom is 0.270 e. The van der Waals surface area contributed by atoms with Crippen molar-refractivity contribution in [1.82, 2.24) is 14.6 Å². The second kappa shape index (κ2) is 11.3. The molecule has 5 rings (SSSR count). The van der Waals surface area contributed by atoms with E-state index in [1.54, 1.807) is 12.1 Å². The van der Waals surface area contributed by atoms with Gasteiger partial charge in [-0.05, 0) is 54.6 Å². The normalized spacial score (nSPS) is 15.5. The van der Waals surface area contributed by atoms with Gasteiger partial charge in [0.2, 0.25) is 12.7 Å². The first-order chi connectivity index (χ1) is 18.8. The highest BCUT2D eigenvalue weighted by Crippen LogP contribution is 2.35. The minimum Gasteiger partial charge on any atom is -0.454 e. The number of hydrogen-bond donors (Lipinski definition) is 3. The number of nitrogen functional groups attached to an aromatic ring is 1. The molecule has 2 heterocycles. The fourth-order valence-corrected chi connectivity index (χ4v) is 5.79. The first kappa shape index (κ1) is 26.5. The van der Waals surface area contributed by atoms with E-state index in [0.29, 0.717) is 17.1 Å². The van der Waals surface area contributed by atoms with Crippen LogP contribution >= 0.6 is 11.5 Å². The second-order valence-corrected chi connectivity index (χ2v) is 10.7. The van der Waals surface area contributed by atoms with Crippen LogP contribution in [0.2, 0.25) is 0 Å². The molecule has 1 saturated carbocycles. The molecule has 3 aromatic rings. The van der Waals surface area contributed by atoms with Gasteiger partial charge in [0.1, 0.15) is 10.9 Å². The molecule has 3 amide bonds. The Morgan fingerprint density at radius 2 is 1.79 bits per heavy atom. The number of nitrogens with one attached hydrogen (secondary N) is 1. The molecule has 0 bridgehead atoms. The SMILES string of the molecule is Cc1ccc([C@H](C(=O)NC2CCCCC2)N(Cc2ccc3c(c2)OCO3)C(=O)c2snc(C(N)=O)c2N)cc1. The Morgan fingerprint density at radius 1 is 1.08 bits per heavy atom. The average molecular weight is 550 g/mol. The summed E-state index contributed by atoms with van der Waals surface area (Å²) in [7, 11) is 0. The van der Waals surface area contributed by atoms with Crippen LogP contribution in [-0.2, 0) is 11.3 Å². The number of anilines is 1. The molecule has 11 heteroatoms. The third kappa shape index (κ3) is 5.68. The van der Waals surface area contributed by atoms with Crippen molar-refractivity contribution in [1.29, 1.82) is 0 Å². The second-order valence-electron chi connectivity index (χ2n) is 9.92. The number of nitrogens with two attached hydrogens (primary N) is 2. The van der Waals surface area contributed by atoms with Crippen LogP contribution in [0.15, 0.2) is 42.5 Å². The van der Waals surface area contributed by atoms with Gasteiger partial charge >= 0.3 is 0 Å². The van der Waals surface area contributed by atoms with Crippen molar-refractivity contribution in [2.24, 2.45) is 5.73 Å². The number of carbonyl (C=O) groups excluding carboxylic acids is 3. The van der Waals surface area contributed by atoms with E-state index in [4.69, 9.17) is 20.9 Å². The quantitative estimate of drug-likeness (QED) is 0.388. The number of fused-ring (bicyclic) bond motifs is 1. The minimum absolute atomic E-state index is 0.0385. The lowest BCUT2D eigenvalue weighted by molar-refractivity contribution is -0.127. The highest BCUT2D eigenvalue weighted by Gasteiger charge is 2.36. The number of ether oxygens (including phenoxy) is 2. The predicted octanol–water partition coefficient (Wildman–Crippen LogP) is 3.69. The van der Waals surface area contributed by atoms with E-state index in [9.17, 15) is 14.4 Å². The topological polar surface area (TPSA) is 150 Å². The van der Waals surface area contributed by atoms with Crippen molar-refractivity contribution in [3.05, 3.63) is 69.7 Å². The molecule has 10 nitrogen and oxygen atoms in total. The third-order valence-electron chi connectivity index (χ3n) is 7.11. The molecule has 0 unspecified atom stereocenters. The van der Waals surface area contributed by atoms with Gasteiger partial charge < -0.3 is 31.2 Å². The van der Waals surface area contributed by atoms with Crippen LogP contribution in [0.25, 0.3) is 0 Å². The van der Waals surface area contributed by atoms with Crippen molar-refractivity contribution in [2.75, 3.05) is 12.5 Å². The molecule has 0 radical (unpaired) electrons. The lowest BCUT2D eigenvalue weighted by atomic mass is 9.94. The monoisotopic (exact) mass is 549 g/mol. The number of rotatable bonds is 8. The Bertz CT molecular complexity index is 1380. The van der Waals surface area contributed by atoms with Gasteiger partial charge in [0.05, 0.1) is 5.69 Å². The van der Waals surface area contributed by atoms with Crippen LogP contribution in [0.5, 0.6) is 11.5 Å². The molecule has 204 valence electrons. The standard InChI is InChI=1S/C28H31N5O5S/c1-16-7-10-18(11-8-16)24(27(35)31-19-5-3-2-4-6-19)33(14-17-9-12-20-21(13-17)38-15-37-20)28(36)25-22(29)23(26(30)34)32-39-25/h7-13,19,24H,2-6,14-15,29H2,1H3,(H2,30,34)(H,31,35)/t24-/m1/s1. The van der Waals surface area contributed by atoms with E-state index in [0.717, 1.165) is 54.8 Å². The van der Waals surface area contributed by atoms with Gasteiger partial charge in [-0.3, -0.25) is 14.4 Å². The molecular formula is C28H31N5O5S. The molecule has 39 heavy (non-hydrogen) atoms. The molecule has 2 aliphatic rings. The van der Waals surface area contributed by atoms with Gasteiger partial charge in [-0.2, -0.15) is 4.37 Å². The van der Waals surface area contributed by atoms with Crippen LogP contribution in [0, 0.1) is 6.92 Å². The average Bonchev–Trinajstić information content (AvgIpc) is 3.55. The summed E-state index contributed by atoms with van der Waals surface area (Å²) in [5.41, 5.74) is 13.7. The molecule has 1 atom stereocenters. The van der Waals surface area contributed by atoms with Gasteiger partial charge in [-0.25, -0.2) is 0 Å². The lowest BCUT2D eigenvalue weighted by Gasteiger charge is -2.33. The molecule has 1 aliphatic carbocycles. The van der Waals surface area contributed by atoms with Crippen LogP contribution < -0.4 is 26.3 Å². The summed E-state index contributed by atoms with van der Waals surface area (Å²) in [5.74, 6) is -0.459. The van der Waals surface area contributed by atoms with E-state index < -0.39 is 17.9 Å². The molecule has 1 aromatic heterocycles. The Hall–Kier alpha value is -4.12. The van der Waals surface area contributed by atoms with E-state index in [-0.39, 0.29) is 41.5 Å². The predicted molar refractivity (Wildman–Crippen MR) is 146 cm³/mol. The lowest BCUT2D eigenvalue weighted by Crippen LogP contribution is -2.46. The zero-order valence-electron chi connectivity index (χ0n) is 21.6. The van der Waals surface area contributed by atoms with Crippen molar-refractivity contribution >= 4 is 34.9 Å². The number of aryl methyl sites for hydroxylation is 1. The summed E-state index contributed by atoms with van der Waals surface area (Å²) in [4.78, 5) is 41.5. The van der Waals surface area contributed by atoms with Gasteiger partial charge in [0.25, 0.3) is 11.8 Å². The van der Waals surface area contributed by atoms with E-state index >= 15 is 0 Å². The summed E-state index contributed by atoms with van der Waals surface area (Å²) >= 11 is 0.791. The molecule has 0 saturated heterocycles. The van der Waals surface area contributed by atoms with Gasteiger partial charge in [0, 0.05) is 12.6 Å². The number of hydrogen-bond acceptors (Lipinski definition) is 8. The molecule has 2 aromatic carbocycles. The molecule has 0 spiro atoms. The zero-order valence-corrected chi connectivity index (χ0v) is 22.5. The molecule has 1 fully saturated rings. The fourth-order valence-electron chi connectivity index (χ4n) is 5.02. The summed E-state index contributed by atoms with van der Waals surface area (Å²) in [6.45, 7) is 2.14. The van der Waals surface area contributed by atoms with Crippen molar-refractivity contribution in [3.8, 4) is 11.5 Å². The van der Waals surface area contributed by atoms with Crippen LogP contribution in [0.3, 0.4) is 0 Å². The van der Waals surface area contributed by atoms with Gasteiger partial charge in [-0.15, -0.1) is 0 Å². The van der Waals surface area contributed by atoms with Crippen LogP contribution in [0.1, 0.15) is 75.0 Å². The number of carbonyl (C=O) groups is 3. The number of amides is 3. The minimum atomic E-state index is -0.969. The van der Waals surface area contributed by atoms with Gasteiger partial charge in [0.15, 0.2) is 17.2 Å². The summed E-state index contributed by atoms with van der Waals surface area (Å²) in [5, 5.41) is 3.19. The van der Waals surface area contributed by atoms with Crippen LogP contribution in [-0.4, -0.2) is 39.8 Å². The van der Waals surface area contributed by atoms with Crippen LogP contribution in [0.4, 0.5) is 5.69 Å². The number of nitrogens with zero attached hydrogens (tertiary/aromatic N) is 2. The number of aromatic nitrogens is 1. The first-order valence-electron chi connectivity index (χ1n) is 12.9. The Labute approximate surface area is 230 Å². The Morgan fingerprint density at radius 3 is 2.49 bits per heavy atom. The highest BCUT2D eigenvalue weighted by atomic mass is 32.1. The maximum atomic E-state index is 14.1. The Balaban J connectivity index is 1.57. The van der Waals surface area contributed by atoms with E-state index in [1.165, 1.54) is 4.90 Å². The summed E-state index contributed by atoms with van der Waals surface area (Å²) in [6, 6.07) is 12.0. The fraction of sp³-hybridized carbons (Fsp3) is 0.357. The van der Waals surface area contributed by atoms with E-state index in [2.05, 4.69) is 9.69 Å². The smallest absolute Gasteiger partial charge is 0.270 e. The summed E-state index contributed by atoms with van der Waals surface area (Å²) in [6.07, 6.45) is 5.04. The van der Waals surface area contributed by atoms with Crippen molar-refractivity contribution in [3.63, 3.8) is 0 Å². The Kier molecular flexibility index (Phi) is 7.69. The van der Waals surface area contributed by atoms with Crippen molar-refractivity contribution in [2.45, 2.75) is 57.7 Å². The molecule has 1 aliphatic heterocycles.